The fraction of sp³-hybridized carbons (Fsp3) is 0.381. The Kier molecular flexibility index (Phi) is 10.3. The molecule has 15 heteroatoms. The van der Waals surface area contributed by atoms with E-state index < -0.39 is 18.2 Å². The topological polar surface area (TPSA) is 184 Å². The highest BCUT2D eigenvalue weighted by Gasteiger charge is 2.38. The van der Waals surface area contributed by atoms with Crippen LogP contribution in [0.2, 0.25) is 0 Å². The molecule has 0 saturated carbocycles. The van der Waals surface area contributed by atoms with Crippen LogP contribution in [0.25, 0.3) is 44.4 Å². The van der Waals surface area contributed by atoms with E-state index in [2.05, 4.69) is 72.8 Å². The average molecular weight is 775 g/mol. The fourth-order valence-electron chi connectivity index (χ4n) is 8.30. The highest BCUT2D eigenvalue weighted by molar-refractivity contribution is 5.98. The van der Waals surface area contributed by atoms with Gasteiger partial charge in [-0.2, -0.15) is 0 Å². The molecule has 15 nitrogen and oxygen atoms in total. The van der Waals surface area contributed by atoms with Crippen LogP contribution in [-0.2, 0) is 25.7 Å². The summed E-state index contributed by atoms with van der Waals surface area (Å²) in [6.45, 7) is 5.26. The second kappa shape index (κ2) is 15.6. The molecule has 0 bridgehead atoms. The predicted molar refractivity (Wildman–Crippen MR) is 211 cm³/mol. The molecule has 2 fully saturated rings. The number of rotatable bonds is 9. The summed E-state index contributed by atoms with van der Waals surface area (Å²) in [5.41, 5.74) is 6.81. The Labute approximate surface area is 329 Å². The molecular formula is C42H46N8O7. The van der Waals surface area contributed by atoms with E-state index in [1.807, 2.05) is 31.0 Å². The summed E-state index contributed by atoms with van der Waals surface area (Å²) < 4.78 is 15.8. The predicted octanol–water partition coefficient (Wildman–Crippen LogP) is 6.24. The maximum atomic E-state index is 13.6. The van der Waals surface area contributed by atoms with E-state index in [-0.39, 0.29) is 36.4 Å². The molecule has 296 valence electrons. The molecule has 4 amide bonds. The van der Waals surface area contributed by atoms with Crippen LogP contribution in [0.4, 0.5) is 9.59 Å². The summed E-state index contributed by atoms with van der Waals surface area (Å²) in [5, 5.41) is 7.21. The number of fused-ring (bicyclic) bond motifs is 5. The number of likely N-dealkylation sites (tertiary alicyclic amines) is 2. The third-order valence-electron chi connectivity index (χ3n) is 11.3. The summed E-state index contributed by atoms with van der Waals surface area (Å²) in [5.74, 6) is 1.83. The molecule has 4 N–H and O–H groups in total. The van der Waals surface area contributed by atoms with Gasteiger partial charge in [-0.3, -0.25) is 9.59 Å². The van der Waals surface area contributed by atoms with Crippen LogP contribution in [0.5, 0.6) is 5.75 Å². The van der Waals surface area contributed by atoms with E-state index in [0.717, 1.165) is 81.4 Å². The monoisotopic (exact) mass is 774 g/mol. The van der Waals surface area contributed by atoms with Gasteiger partial charge in [0.1, 0.15) is 36.6 Å². The van der Waals surface area contributed by atoms with Crippen molar-refractivity contribution < 1.29 is 33.4 Å². The number of alkyl carbamates (subject to hydrolysis) is 2. The maximum Gasteiger partial charge on any atom is 0.407 e. The second-order valence-corrected chi connectivity index (χ2v) is 15.0. The first kappa shape index (κ1) is 37.5. The van der Waals surface area contributed by atoms with Crippen molar-refractivity contribution in [1.82, 2.24) is 40.4 Å². The molecule has 0 aliphatic carbocycles. The van der Waals surface area contributed by atoms with E-state index >= 15 is 0 Å². The maximum absolute atomic E-state index is 13.6. The number of H-pyrrole nitrogens is 2. The smallest absolute Gasteiger partial charge is 0.407 e. The van der Waals surface area contributed by atoms with E-state index in [1.54, 1.807) is 11.1 Å². The van der Waals surface area contributed by atoms with Crippen LogP contribution in [0, 0.1) is 5.92 Å². The molecule has 2 saturated heterocycles. The number of aromatic nitrogens is 4. The van der Waals surface area contributed by atoms with Crippen LogP contribution in [0.15, 0.2) is 60.9 Å². The van der Waals surface area contributed by atoms with Crippen molar-refractivity contribution in [2.75, 3.05) is 33.9 Å². The number of ether oxygens (including phenoxy) is 3. The van der Waals surface area contributed by atoms with Gasteiger partial charge in [0.15, 0.2) is 0 Å². The number of carbonyl (C=O) groups is 4. The molecule has 0 spiro atoms. The van der Waals surface area contributed by atoms with Gasteiger partial charge in [0.05, 0.1) is 50.1 Å². The van der Waals surface area contributed by atoms with Crippen molar-refractivity contribution >= 4 is 34.8 Å². The van der Waals surface area contributed by atoms with E-state index in [9.17, 15) is 19.2 Å². The van der Waals surface area contributed by atoms with Gasteiger partial charge in [-0.1, -0.05) is 44.2 Å². The van der Waals surface area contributed by atoms with Crippen molar-refractivity contribution in [2.24, 2.45) is 5.92 Å². The molecule has 0 radical (unpaired) electrons. The summed E-state index contributed by atoms with van der Waals surface area (Å²) in [6, 6.07) is 15.7. The number of hydrogen-bond donors (Lipinski definition) is 4. The average Bonchev–Trinajstić information content (AvgIpc) is 4.07. The number of benzene rings is 3. The van der Waals surface area contributed by atoms with Crippen molar-refractivity contribution in [3.63, 3.8) is 0 Å². The van der Waals surface area contributed by atoms with E-state index in [1.165, 1.54) is 14.2 Å². The third kappa shape index (κ3) is 7.25. The molecule has 5 aromatic rings. The standard InChI is InChI=1S/C42H46N8O7/c1-23(2)36(48-42(54)56-4)40(52)50-16-6-8-34(50)39-44-20-32(47-39)26-10-12-28-27(18-26)22-57-37-29-13-11-25(17-24(29)9-14-30(28)37)31-19-43-38(46-31)33-7-5-15-49(33)35(51)21-45-41(53)55-3/h9-14,17-20,23,33-34,36H,5-8,15-16,21-22H2,1-4H3,(H,43,46)(H,44,47)(H,45,53)(H,48,54)/t33-,34-,36-/m0/s1. The molecule has 5 heterocycles. The summed E-state index contributed by atoms with van der Waals surface area (Å²) >= 11 is 0. The van der Waals surface area contributed by atoms with Crippen LogP contribution < -0.4 is 15.4 Å². The molecule has 3 aromatic carbocycles. The zero-order valence-corrected chi connectivity index (χ0v) is 32.4. The number of amides is 4. The van der Waals surface area contributed by atoms with Gasteiger partial charge in [-0.15, -0.1) is 0 Å². The Hall–Kier alpha value is -6.38. The normalized spacial score (nSPS) is 17.8. The van der Waals surface area contributed by atoms with E-state index in [4.69, 9.17) is 14.5 Å². The Morgan fingerprint density at radius 3 is 2.14 bits per heavy atom. The minimum atomic E-state index is -0.696. The fourth-order valence-corrected chi connectivity index (χ4v) is 8.30. The first-order chi connectivity index (χ1) is 27.6. The first-order valence-corrected chi connectivity index (χ1v) is 19.3. The largest absolute Gasteiger partial charge is 0.488 e. The lowest BCUT2D eigenvalue weighted by atomic mass is 9.92. The SMILES string of the molecule is COC(=O)NCC(=O)N1CCC[C@H]1c1ncc(-c2ccc3c4c(ccc3c2)-c2ccc(-c3cnc([C@@H]5CCCN5C(=O)[C@@H](NC(=O)OC)C(C)C)[nH]3)cc2CO4)[nH]1. The minimum Gasteiger partial charge on any atom is -0.488 e. The quantitative estimate of drug-likeness (QED) is 0.135. The van der Waals surface area contributed by atoms with Gasteiger partial charge < -0.3 is 44.6 Å². The number of nitrogens with zero attached hydrogens (tertiary/aromatic N) is 4. The molecule has 3 aliphatic heterocycles. The van der Waals surface area contributed by atoms with Crippen molar-refractivity contribution in [3.8, 4) is 39.4 Å². The molecule has 8 rings (SSSR count). The summed E-state index contributed by atoms with van der Waals surface area (Å²) in [7, 11) is 2.56. The van der Waals surface area contributed by atoms with Gasteiger partial charge in [-0.05, 0) is 71.9 Å². The first-order valence-electron chi connectivity index (χ1n) is 19.3. The summed E-state index contributed by atoms with van der Waals surface area (Å²) in [6.07, 6.45) is 5.58. The molecule has 2 aromatic heterocycles. The molecule has 0 unspecified atom stereocenters. The minimum absolute atomic E-state index is 0.112. The molecule has 3 atom stereocenters. The Morgan fingerprint density at radius 1 is 0.825 bits per heavy atom. The van der Waals surface area contributed by atoms with Crippen LogP contribution >= 0.6 is 0 Å². The van der Waals surface area contributed by atoms with Crippen molar-refractivity contribution in [3.05, 3.63) is 78.1 Å². The third-order valence-corrected chi connectivity index (χ3v) is 11.3. The van der Waals surface area contributed by atoms with Gasteiger partial charge in [0.2, 0.25) is 11.8 Å². The molecular weight excluding hydrogens is 729 g/mol. The van der Waals surface area contributed by atoms with Crippen molar-refractivity contribution in [2.45, 2.75) is 64.3 Å². The second-order valence-electron chi connectivity index (χ2n) is 15.0. The lowest BCUT2D eigenvalue weighted by Gasteiger charge is -2.30. The molecule has 3 aliphatic rings. The number of hydrogen-bond acceptors (Lipinski definition) is 9. The number of imidazole rings is 2. The molecule has 57 heavy (non-hydrogen) atoms. The lowest BCUT2D eigenvalue weighted by Crippen LogP contribution is -2.51. The number of aromatic amines is 2. The Morgan fingerprint density at radius 2 is 1.46 bits per heavy atom. The van der Waals surface area contributed by atoms with Gasteiger partial charge in [0, 0.05) is 29.6 Å². The number of carbonyl (C=O) groups excluding carboxylic acids is 4. The number of nitrogens with one attached hydrogen (secondary N) is 4. The highest BCUT2D eigenvalue weighted by Crippen LogP contribution is 2.44. The zero-order valence-electron chi connectivity index (χ0n) is 32.4. The van der Waals surface area contributed by atoms with Gasteiger partial charge >= 0.3 is 12.2 Å². The van der Waals surface area contributed by atoms with Crippen molar-refractivity contribution in [1.29, 1.82) is 0 Å². The van der Waals surface area contributed by atoms with Crippen LogP contribution in [-0.4, -0.2) is 93.6 Å². The van der Waals surface area contributed by atoms with Crippen LogP contribution in [0.1, 0.15) is 68.8 Å². The Bertz CT molecular complexity index is 2350. The van der Waals surface area contributed by atoms with E-state index in [0.29, 0.717) is 31.3 Å². The summed E-state index contributed by atoms with van der Waals surface area (Å²) in [4.78, 5) is 69.8. The van der Waals surface area contributed by atoms with Gasteiger partial charge in [0.25, 0.3) is 0 Å². The van der Waals surface area contributed by atoms with Gasteiger partial charge in [-0.25, -0.2) is 19.6 Å². The lowest BCUT2D eigenvalue weighted by molar-refractivity contribution is -0.135. The number of methoxy groups -OCH3 is 2. The zero-order chi connectivity index (χ0) is 39.8. The highest BCUT2D eigenvalue weighted by atomic mass is 16.5. The van der Waals surface area contributed by atoms with Crippen LogP contribution in [0.3, 0.4) is 0 Å². The Balaban J connectivity index is 0.982.